The van der Waals surface area contributed by atoms with E-state index in [4.69, 9.17) is 5.41 Å². The third kappa shape index (κ3) is 5.59. The van der Waals surface area contributed by atoms with Crippen molar-refractivity contribution in [3.63, 3.8) is 0 Å². The molecular formula is C17H26F3NSi. The lowest BCUT2D eigenvalue weighted by Gasteiger charge is -2.20. The van der Waals surface area contributed by atoms with Crippen LogP contribution < -0.4 is 0 Å². The second-order valence-corrected chi connectivity index (χ2v) is 12.6. The number of alkyl halides is 3. The molecule has 0 amide bonds. The van der Waals surface area contributed by atoms with E-state index in [0.29, 0.717) is 18.4 Å². The molecule has 0 aliphatic heterocycles. The van der Waals surface area contributed by atoms with Gasteiger partial charge in [-0.2, -0.15) is 13.2 Å². The maximum Gasteiger partial charge on any atom is 0.417 e. The van der Waals surface area contributed by atoms with Gasteiger partial charge in [0.05, 0.1) is 5.56 Å². The fourth-order valence-electron chi connectivity index (χ4n) is 2.39. The molecule has 22 heavy (non-hydrogen) atoms. The number of benzene rings is 1. The van der Waals surface area contributed by atoms with Crippen LogP contribution in [0.2, 0.25) is 25.7 Å². The highest BCUT2D eigenvalue weighted by molar-refractivity contribution is 6.76. The summed E-state index contributed by atoms with van der Waals surface area (Å²) in [6, 6.07) is 5.26. The van der Waals surface area contributed by atoms with Gasteiger partial charge in [-0.15, -0.1) is 0 Å². The molecule has 0 atom stereocenters. The summed E-state index contributed by atoms with van der Waals surface area (Å²) in [6.45, 7) is 8.61. The van der Waals surface area contributed by atoms with E-state index in [2.05, 4.69) is 19.6 Å². The van der Waals surface area contributed by atoms with Crippen LogP contribution in [0.4, 0.5) is 13.2 Å². The molecule has 0 aliphatic rings. The zero-order valence-corrected chi connectivity index (χ0v) is 14.9. The molecule has 0 aliphatic carbocycles. The van der Waals surface area contributed by atoms with Gasteiger partial charge in [0.15, 0.2) is 0 Å². The Morgan fingerprint density at radius 1 is 1.18 bits per heavy atom. The van der Waals surface area contributed by atoms with Crippen molar-refractivity contribution in [3.8, 4) is 0 Å². The first kappa shape index (κ1) is 18.9. The van der Waals surface area contributed by atoms with Crippen LogP contribution >= 0.6 is 0 Å². The van der Waals surface area contributed by atoms with Crippen LogP contribution in [0.5, 0.6) is 0 Å². The molecule has 0 spiro atoms. The minimum absolute atomic E-state index is 0.125. The Bertz CT molecular complexity index is 516. The molecule has 0 fully saturated rings. The third-order valence-electron chi connectivity index (χ3n) is 3.68. The summed E-state index contributed by atoms with van der Waals surface area (Å²) in [5.41, 5.74) is 0.280. The Kier molecular flexibility index (Phi) is 6.41. The van der Waals surface area contributed by atoms with Gasteiger partial charge in [0, 0.05) is 19.3 Å². The number of hydrogen-bond donors (Lipinski definition) is 1. The molecule has 0 bridgehead atoms. The molecule has 124 valence electrons. The highest BCUT2D eigenvalue weighted by Crippen LogP contribution is 2.35. The molecule has 1 rings (SSSR count). The molecule has 0 saturated heterocycles. The van der Waals surface area contributed by atoms with Crippen molar-refractivity contribution in [1.82, 2.24) is 0 Å². The summed E-state index contributed by atoms with van der Waals surface area (Å²) < 4.78 is 39.9. The summed E-state index contributed by atoms with van der Waals surface area (Å²) in [5, 5.41) is 8.14. The SMILES string of the molecule is CCCCC(=N)c1c(CC[Si](C)(C)C)cccc1C(F)(F)F. The Morgan fingerprint density at radius 2 is 1.82 bits per heavy atom. The van der Waals surface area contributed by atoms with Gasteiger partial charge in [-0.05, 0) is 30.9 Å². The van der Waals surface area contributed by atoms with E-state index in [1.54, 1.807) is 6.07 Å². The zero-order valence-electron chi connectivity index (χ0n) is 13.9. The van der Waals surface area contributed by atoms with Gasteiger partial charge in [-0.25, -0.2) is 0 Å². The van der Waals surface area contributed by atoms with E-state index < -0.39 is 19.8 Å². The molecular weight excluding hydrogens is 303 g/mol. The first-order valence-corrected chi connectivity index (χ1v) is 11.5. The minimum Gasteiger partial charge on any atom is -0.305 e. The summed E-state index contributed by atoms with van der Waals surface area (Å²) in [7, 11) is -1.34. The summed E-state index contributed by atoms with van der Waals surface area (Å²) >= 11 is 0. The third-order valence-corrected chi connectivity index (χ3v) is 5.43. The number of aryl methyl sites for hydroxylation is 1. The lowest BCUT2D eigenvalue weighted by atomic mass is 9.92. The Labute approximate surface area is 132 Å². The van der Waals surface area contributed by atoms with Crippen molar-refractivity contribution in [2.75, 3.05) is 0 Å². The van der Waals surface area contributed by atoms with Crippen molar-refractivity contribution < 1.29 is 13.2 Å². The highest BCUT2D eigenvalue weighted by atomic mass is 28.3. The van der Waals surface area contributed by atoms with Crippen LogP contribution in [0.15, 0.2) is 18.2 Å². The molecule has 1 nitrogen and oxygen atoms in total. The molecule has 1 aromatic rings. The van der Waals surface area contributed by atoms with E-state index in [1.807, 2.05) is 6.92 Å². The molecule has 0 saturated carbocycles. The normalized spacial score (nSPS) is 12.5. The molecule has 0 radical (unpaired) electrons. The largest absolute Gasteiger partial charge is 0.417 e. The first-order valence-electron chi connectivity index (χ1n) is 7.83. The molecule has 0 aromatic heterocycles. The molecule has 0 unspecified atom stereocenters. The number of unbranched alkanes of at least 4 members (excludes halogenated alkanes) is 1. The second-order valence-electron chi connectivity index (χ2n) is 6.98. The van der Waals surface area contributed by atoms with E-state index in [9.17, 15) is 13.2 Å². The van der Waals surface area contributed by atoms with Crippen molar-refractivity contribution in [3.05, 3.63) is 34.9 Å². The van der Waals surface area contributed by atoms with Gasteiger partial charge >= 0.3 is 6.18 Å². The van der Waals surface area contributed by atoms with E-state index >= 15 is 0 Å². The predicted octanol–water partition coefficient (Wildman–Crippen LogP) is 6.14. The quantitative estimate of drug-likeness (QED) is 0.458. The van der Waals surface area contributed by atoms with Gasteiger partial charge in [-0.1, -0.05) is 51.2 Å². The van der Waals surface area contributed by atoms with Crippen LogP contribution in [0.1, 0.15) is 42.9 Å². The fraction of sp³-hybridized carbons (Fsp3) is 0.588. The molecule has 0 heterocycles. The maximum atomic E-state index is 13.3. The maximum absolute atomic E-state index is 13.3. The summed E-state index contributed by atoms with van der Waals surface area (Å²) in [5.74, 6) is 0. The molecule has 1 aromatic carbocycles. The van der Waals surface area contributed by atoms with Crippen LogP contribution in [0, 0.1) is 5.41 Å². The van der Waals surface area contributed by atoms with Crippen LogP contribution in [0.3, 0.4) is 0 Å². The van der Waals surface area contributed by atoms with E-state index in [0.717, 1.165) is 25.0 Å². The highest BCUT2D eigenvalue weighted by Gasteiger charge is 2.35. The Hall–Kier alpha value is -1.10. The van der Waals surface area contributed by atoms with Gasteiger partial charge in [0.25, 0.3) is 0 Å². The first-order chi connectivity index (χ1) is 10.1. The number of rotatable bonds is 7. The molecule has 1 N–H and O–H groups in total. The van der Waals surface area contributed by atoms with Crippen molar-refractivity contribution in [2.24, 2.45) is 0 Å². The van der Waals surface area contributed by atoms with Crippen molar-refractivity contribution in [2.45, 2.75) is 64.5 Å². The van der Waals surface area contributed by atoms with Crippen molar-refractivity contribution in [1.29, 1.82) is 5.41 Å². The summed E-state index contributed by atoms with van der Waals surface area (Å²) in [4.78, 5) is 0. The van der Waals surface area contributed by atoms with E-state index in [-0.39, 0.29) is 11.3 Å². The number of hydrogen-bond acceptors (Lipinski definition) is 1. The minimum atomic E-state index is -4.40. The zero-order chi connectivity index (χ0) is 17.0. The Balaban J connectivity index is 3.22. The van der Waals surface area contributed by atoms with Gasteiger partial charge < -0.3 is 5.41 Å². The van der Waals surface area contributed by atoms with Crippen molar-refractivity contribution >= 4 is 13.8 Å². The Morgan fingerprint density at radius 3 is 2.32 bits per heavy atom. The second kappa shape index (κ2) is 7.44. The summed E-state index contributed by atoms with van der Waals surface area (Å²) in [6.07, 6.45) is -1.74. The lowest BCUT2D eigenvalue weighted by molar-refractivity contribution is -0.137. The average Bonchev–Trinajstić information content (AvgIpc) is 2.40. The smallest absolute Gasteiger partial charge is 0.305 e. The topological polar surface area (TPSA) is 23.9 Å². The number of nitrogens with one attached hydrogen (secondary N) is 1. The predicted molar refractivity (Wildman–Crippen MR) is 89.7 cm³/mol. The van der Waals surface area contributed by atoms with Gasteiger partial charge in [0.2, 0.25) is 0 Å². The average molecular weight is 329 g/mol. The van der Waals surface area contributed by atoms with Crippen LogP contribution in [-0.2, 0) is 12.6 Å². The number of halogens is 3. The van der Waals surface area contributed by atoms with E-state index in [1.165, 1.54) is 6.07 Å². The van der Waals surface area contributed by atoms with Crippen LogP contribution in [0.25, 0.3) is 0 Å². The van der Waals surface area contributed by atoms with Gasteiger partial charge in [0.1, 0.15) is 0 Å². The standard InChI is InChI=1S/C17H26F3NSi/c1-5-6-10-15(21)16-13(11-12-22(2,3)4)8-7-9-14(16)17(18,19)20/h7-9,21H,5-6,10-12H2,1-4H3. The fourth-order valence-corrected chi connectivity index (χ4v) is 3.41. The monoisotopic (exact) mass is 329 g/mol. The van der Waals surface area contributed by atoms with Gasteiger partial charge in [-0.3, -0.25) is 0 Å². The molecule has 5 heteroatoms. The van der Waals surface area contributed by atoms with Crippen LogP contribution in [-0.4, -0.2) is 13.8 Å². The lowest BCUT2D eigenvalue weighted by Crippen LogP contribution is -2.21.